The van der Waals surface area contributed by atoms with E-state index in [-0.39, 0.29) is 24.4 Å². The Morgan fingerprint density at radius 2 is 2.14 bits per heavy atom. The Kier molecular flexibility index (Phi) is 5.05. The van der Waals surface area contributed by atoms with Gasteiger partial charge in [-0.15, -0.1) is 11.3 Å². The summed E-state index contributed by atoms with van der Waals surface area (Å²) in [5, 5.41) is 5.43. The van der Waals surface area contributed by atoms with Crippen molar-refractivity contribution in [2.75, 3.05) is 6.54 Å². The van der Waals surface area contributed by atoms with Crippen LogP contribution in [0.2, 0.25) is 0 Å². The first-order valence-corrected chi connectivity index (χ1v) is 7.42. The van der Waals surface area contributed by atoms with Gasteiger partial charge in [0, 0.05) is 17.3 Å². The third-order valence-electron chi connectivity index (χ3n) is 2.94. The highest BCUT2D eigenvalue weighted by atomic mass is 32.1. The van der Waals surface area contributed by atoms with Crippen LogP contribution in [0.3, 0.4) is 0 Å². The second kappa shape index (κ2) is 6.99. The number of carbonyl (C=O) groups is 2. The van der Waals surface area contributed by atoms with Gasteiger partial charge in [0.2, 0.25) is 5.91 Å². The lowest BCUT2D eigenvalue weighted by Crippen LogP contribution is -2.37. The van der Waals surface area contributed by atoms with Gasteiger partial charge in [-0.1, -0.05) is 6.07 Å². The molecule has 2 aromatic rings. The van der Waals surface area contributed by atoms with Gasteiger partial charge in [-0.25, -0.2) is 0 Å². The summed E-state index contributed by atoms with van der Waals surface area (Å²) < 4.78 is 0. The predicted molar refractivity (Wildman–Crippen MR) is 82.2 cm³/mol. The number of carbonyl (C=O) groups excluding carboxylic acids is 2. The molecule has 1 unspecified atom stereocenters. The van der Waals surface area contributed by atoms with Crippen molar-refractivity contribution in [2.45, 2.75) is 19.9 Å². The van der Waals surface area contributed by atoms with Crippen LogP contribution < -0.4 is 10.6 Å². The normalized spacial score (nSPS) is 11.7. The van der Waals surface area contributed by atoms with Crippen molar-refractivity contribution in [2.24, 2.45) is 0 Å². The monoisotopic (exact) mass is 303 g/mol. The summed E-state index contributed by atoms with van der Waals surface area (Å²) in [6, 6.07) is 7.20. The van der Waals surface area contributed by atoms with Gasteiger partial charge in [0.15, 0.2) is 0 Å². The van der Waals surface area contributed by atoms with Crippen molar-refractivity contribution in [1.82, 2.24) is 15.6 Å². The summed E-state index contributed by atoms with van der Waals surface area (Å²) in [6.45, 7) is 3.77. The highest BCUT2D eigenvalue weighted by Gasteiger charge is 2.12. The summed E-state index contributed by atoms with van der Waals surface area (Å²) >= 11 is 1.41. The van der Waals surface area contributed by atoms with Crippen LogP contribution in [0.25, 0.3) is 0 Å². The van der Waals surface area contributed by atoms with Crippen molar-refractivity contribution in [3.8, 4) is 0 Å². The maximum absolute atomic E-state index is 11.8. The lowest BCUT2D eigenvalue weighted by Gasteiger charge is -2.14. The van der Waals surface area contributed by atoms with E-state index in [1.165, 1.54) is 11.3 Å². The minimum absolute atomic E-state index is 0.0413. The number of rotatable bonds is 5. The van der Waals surface area contributed by atoms with Crippen LogP contribution in [0.1, 0.15) is 33.1 Å². The van der Waals surface area contributed by atoms with E-state index in [0.717, 1.165) is 10.4 Å². The number of thiophene rings is 1. The molecule has 110 valence electrons. The Balaban J connectivity index is 1.81. The van der Waals surface area contributed by atoms with Crippen LogP contribution in [0.4, 0.5) is 0 Å². The molecule has 1 atom stereocenters. The molecule has 0 fully saturated rings. The molecule has 5 nitrogen and oxygen atoms in total. The van der Waals surface area contributed by atoms with Crippen molar-refractivity contribution < 1.29 is 9.59 Å². The smallest absolute Gasteiger partial charge is 0.261 e. The molecule has 6 heteroatoms. The Labute approximate surface area is 127 Å². The van der Waals surface area contributed by atoms with E-state index in [9.17, 15) is 9.59 Å². The van der Waals surface area contributed by atoms with Gasteiger partial charge in [-0.2, -0.15) is 0 Å². The van der Waals surface area contributed by atoms with Crippen LogP contribution in [-0.2, 0) is 4.79 Å². The Morgan fingerprint density at radius 1 is 1.33 bits per heavy atom. The standard InChI is InChI=1S/C15H17N3O2S/c1-10-5-6-13(21-10)15(20)17-9-14(19)18-11(2)12-4-3-7-16-8-12/h3-8,11H,9H2,1-2H3,(H,17,20)(H,18,19). The molecule has 0 aliphatic rings. The fourth-order valence-corrected chi connectivity index (χ4v) is 2.60. The zero-order chi connectivity index (χ0) is 15.2. The Morgan fingerprint density at radius 3 is 2.76 bits per heavy atom. The summed E-state index contributed by atoms with van der Waals surface area (Å²) in [6.07, 6.45) is 3.39. The zero-order valence-electron chi connectivity index (χ0n) is 11.9. The molecular weight excluding hydrogens is 286 g/mol. The van der Waals surface area contributed by atoms with E-state index in [2.05, 4.69) is 15.6 Å². The second-order valence-corrected chi connectivity index (χ2v) is 5.96. The molecule has 0 aromatic carbocycles. The van der Waals surface area contributed by atoms with Crippen LogP contribution in [-0.4, -0.2) is 23.3 Å². The lowest BCUT2D eigenvalue weighted by molar-refractivity contribution is -0.120. The first kappa shape index (κ1) is 15.2. The van der Waals surface area contributed by atoms with E-state index in [0.29, 0.717) is 4.88 Å². The molecule has 0 aliphatic heterocycles. The van der Waals surface area contributed by atoms with E-state index in [1.807, 2.05) is 32.0 Å². The van der Waals surface area contributed by atoms with Gasteiger partial charge >= 0.3 is 0 Å². The van der Waals surface area contributed by atoms with Crippen LogP contribution in [0.5, 0.6) is 0 Å². The van der Waals surface area contributed by atoms with Crippen molar-refractivity contribution in [3.63, 3.8) is 0 Å². The largest absolute Gasteiger partial charge is 0.348 e. The number of aromatic nitrogens is 1. The van der Waals surface area contributed by atoms with Gasteiger partial charge in [-0.3, -0.25) is 14.6 Å². The number of nitrogens with zero attached hydrogens (tertiary/aromatic N) is 1. The van der Waals surface area contributed by atoms with Gasteiger partial charge < -0.3 is 10.6 Å². The molecular formula is C15H17N3O2S. The SMILES string of the molecule is Cc1ccc(C(=O)NCC(=O)NC(C)c2cccnc2)s1. The third-order valence-corrected chi connectivity index (χ3v) is 3.94. The average Bonchev–Trinajstić information content (AvgIpc) is 2.92. The molecule has 21 heavy (non-hydrogen) atoms. The molecule has 0 spiro atoms. The predicted octanol–water partition coefficient (Wildman–Crippen LogP) is 2.06. The van der Waals surface area contributed by atoms with E-state index >= 15 is 0 Å². The number of pyridine rings is 1. The molecule has 2 heterocycles. The second-order valence-electron chi connectivity index (χ2n) is 4.67. The van der Waals surface area contributed by atoms with E-state index in [4.69, 9.17) is 0 Å². The fourth-order valence-electron chi connectivity index (χ4n) is 1.81. The number of amides is 2. The molecule has 2 N–H and O–H groups in total. The highest BCUT2D eigenvalue weighted by molar-refractivity contribution is 7.13. The maximum atomic E-state index is 11.8. The van der Waals surface area contributed by atoms with Crippen LogP contribution in [0.15, 0.2) is 36.7 Å². The minimum Gasteiger partial charge on any atom is -0.348 e. The molecule has 0 saturated carbocycles. The minimum atomic E-state index is -0.229. The molecule has 2 rings (SSSR count). The van der Waals surface area contributed by atoms with Crippen molar-refractivity contribution in [1.29, 1.82) is 0 Å². The first-order valence-electron chi connectivity index (χ1n) is 6.60. The number of hydrogen-bond donors (Lipinski definition) is 2. The van der Waals surface area contributed by atoms with Crippen LogP contribution >= 0.6 is 11.3 Å². The molecule has 0 bridgehead atoms. The number of aryl methyl sites for hydroxylation is 1. The van der Waals surface area contributed by atoms with E-state index in [1.54, 1.807) is 18.5 Å². The van der Waals surface area contributed by atoms with Gasteiger partial charge in [-0.05, 0) is 37.6 Å². The third kappa shape index (κ3) is 4.39. The molecule has 2 amide bonds. The topological polar surface area (TPSA) is 71.1 Å². The number of hydrogen-bond acceptors (Lipinski definition) is 4. The summed E-state index contributed by atoms with van der Waals surface area (Å²) in [7, 11) is 0. The molecule has 0 radical (unpaired) electrons. The van der Waals surface area contributed by atoms with Gasteiger partial charge in [0.05, 0.1) is 17.5 Å². The fraction of sp³-hybridized carbons (Fsp3) is 0.267. The van der Waals surface area contributed by atoms with Crippen molar-refractivity contribution >= 4 is 23.2 Å². The van der Waals surface area contributed by atoms with E-state index < -0.39 is 0 Å². The average molecular weight is 303 g/mol. The quantitative estimate of drug-likeness (QED) is 0.888. The molecule has 0 aliphatic carbocycles. The maximum Gasteiger partial charge on any atom is 0.261 e. The zero-order valence-corrected chi connectivity index (χ0v) is 12.7. The number of nitrogens with one attached hydrogen (secondary N) is 2. The van der Waals surface area contributed by atoms with Crippen molar-refractivity contribution in [3.05, 3.63) is 52.0 Å². The summed E-state index contributed by atoms with van der Waals surface area (Å²) in [5.41, 5.74) is 0.922. The Bertz CT molecular complexity index is 625. The molecule has 2 aromatic heterocycles. The first-order chi connectivity index (χ1) is 10.1. The summed E-state index contributed by atoms with van der Waals surface area (Å²) in [4.78, 5) is 29.3. The lowest BCUT2D eigenvalue weighted by atomic mass is 10.1. The summed E-state index contributed by atoms with van der Waals surface area (Å²) in [5.74, 6) is -0.453. The highest BCUT2D eigenvalue weighted by Crippen LogP contribution is 2.14. The van der Waals surface area contributed by atoms with Gasteiger partial charge in [0.1, 0.15) is 0 Å². The van der Waals surface area contributed by atoms with Crippen LogP contribution in [0, 0.1) is 6.92 Å². The Hall–Kier alpha value is -2.21. The van der Waals surface area contributed by atoms with Gasteiger partial charge in [0.25, 0.3) is 5.91 Å². The molecule has 0 saturated heterocycles.